The molecular weight excluding hydrogens is 352 g/mol. The van der Waals surface area contributed by atoms with Crippen LogP contribution in [-0.4, -0.2) is 47.5 Å². The monoisotopic (exact) mass is 374 g/mol. The normalized spacial score (nSPS) is 15.6. The number of hydrogen-bond donors (Lipinski definition) is 0. The maximum Gasteiger partial charge on any atom is 0.345 e. The molecule has 3 aromatic heterocycles. The Morgan fingerprint density at radius 3 is 2.64 bits per heavy atom. The van der Waals surface area contributed by atoms with Crippen molar-refractivity contribution in [3.8, 4) is 11.3 Å². The van der Waals surface area contributed by atoms with Crippen LogP contribution in [0.1, 0.15) is 5.56 Å². The Hall–Kier alpha value is -3.12. The summed E-state index contributed by atoms with van der Waals surface area (Å²) in [5.41, 5.74) is 4.42. The second kappa shape index (κ2) is 6.49. The van der Waals surface area contributed by atoms with Gasteiger partial charge in [0.15, 0.2) is 0 Å². The van der Waals surface area contributed by atoms with Gasteiger partial charge in [-0.15, -0.1) is 0 Å². The SMILES string of the molecule is Cc1ccc2nc(-c3cc4ccc(N5CCN(C)CC5)cc4oc3=O)cn2c1. The number of aromatic nitrogens is 2. The van der Waals surface area contributed by atoms with E-state index in [-0.39, 0.29) is 5.63 Å². The minimum atomic E-state index is -0.358. The van der Waals surface area contributed by atoms with Crippen LogP contribution in [0.2, 0.25) is 0 Å². The van der Waals surface area contributed by atoms with Crippen molar-refractivity contribution >= 4 is 22.3 Å². The van der Waals surface area contributed by atoms with Crippen LogP contribution in [0.3, 0.4) is 0 Å². The van der Waals surface area contributed by atoms with E-state index in [0.717, 1.165) is 48.5 Å². The summed E-state index contributed by atoms with van der Waals surface area (Å²) in [6, 6.07) is 11.9. The highest BCUT2D eigenvalue weighted by Crippen LogP contribution is 2.26. The second-order valence-corrected chi connectivity index (χ2v) is 7.56. The van der Waals surface area contributed by atoms with E-state index in [9.17, 15) is 4.79 Å². The third-order valence-corrected chi connectivity index (χ3v) is 5.46. The molecule has 5 rings (SSSR count). The van der Waals surface area contributed by atoms with Crippen molar-refractivity contribution in [3.63, 3.8) is 0 Å². The molecule has 0 unspecified atom stereocenters. The minimum Gasteiger partial charge on any atom is -0.422 e. The van der Waals surface area contributed by atoms with Crippen molar-refractivity contribution in [1.82, 2.24) is 14.3 Å². The molecule has 0 atom stereocenters. The van der Waals surface area contributed by atoms with Gasteiger partial charge in [-0.05, 0) is 43.8 Å². The average molecular weight is 374 g/mol. The lowest BCUT2D eigenvalue weighted by molar-refractivity contribution is 0.313. The molecule has 6 heteroatoms. The van der Waals surface area contributed by atoms with Crippen LogP contribution in [0.15, 0.2) is 58.0 Å². The first kappa shape index (κ1) is 17.0. The first-order chi connectivity index (χ1) is 13.6. The highest BCUT2D eigenvalue weighted by molar-refractivity contribution is 5.84. The number of piperazine rings is 1. The molecule has 0 amide bonds. The third-order valence-electron chi connectivity index (χ3n) is 5.46. The Kier molecular flexibility index (Phi) is 3.94. The van der Waals surface area contributed by atoms with E-state index in [2.05, 4.69) is 27.9 Å². The Morgan fingerprint density at radius 1 is 1.00 bits per heavy atom. The van der Waals surface area contributed by atoms with Crippen LogP contribution < -0.4 is 10.5 Å². The van der Waals surface area contributed by atoms with Gasteiger partial charge in [0.2, 0.25) is 0 Å². The van der Waals surface area contributed by atoms with Gasteiger partial charge in [-0.2, -0.15) is 0 Å². The highest BCUT2D eigenvalue weighted by Gasteiger charge is 2.16. The molecule has 6 nitrogen and oxygen atoms in total. The number of likely N-dealkylation sites (N-methyl/N-ethyl adjacent to an activating group) is 1. The highest BCUT2D eigenvalue weighted by atomic mass is 16.4. The van der Waals surface area contributed by atoms with Crippen LogP contribution in [0.4, 0.5) is 5.69 Å². The van der Waals surface area contributed by atoms with Gasteiger partial charge >= 0.3 is 5.63 Å². The molecule has 1 fully saturated rings. The summed E-state index contributed by atoms with van der Waals surface area (Å²) in [4.78, 5) is 21.9. The molecule has 4 aromatic rings. The number of hydrogen-bond acceptors (Lipinski definition) is 5. The minimum absolute atomic E-state index is 0.358. The zero-order chi connectivity index (χ0) is 19.3. The van der Waals surface area contributed by atoms with Gasteiger partial charge in [-0.3, -0.25) is 0 Å². The Balaban J connectivity index is 1.55. The Bertz CT molecular complexity index is 1230. The molecule has 142 valence electrons. The first-order valence-corrected chi connectivity index (χ1v) is 9.54. The van der Waals surface area contributed by atoms with Crippen molar-refractivity contribution in [2.75, 3.05) is 38.1 Å². The summed E-state index contributed by atoms with van der Waals surface area (Å²) in [6.07, 6.45) is 3.87. The Labute approximate surface area is 162 Å². The smallest absolute Gasteiger partial charge is 0.345 e. The predicted octanol–water partition coefficient (Wildman–Crippen LogP) is 3.17. The molecular formula is C22H22N4O2. The lowest BCUT2D eigenvalue weighted by Gasteiger charge is -2.34. The number of rotatable bonds is 2. The molecule has 0 saturated carbocycles. The van der Waals surface area contributed by atoms with Crippen LogP contribution in [0, 0.1) is 6.92 Å². The number of anilines is 1. The van der Waals surface area contributed by atoms with Crippen LogP contribution in [0.5, 0.6) is 0 Å². The van der Waals surface area contributed by atoms with E-state index < -0.39 is 0 Å². The fourth-order valence-corrected chi connectivity index (χ4v) is 3.77. The molecule has 1 aliphatic heterocycles. The van der Waals surface area contributed by atoms with Crippen LogP contribution in [-0.2, 0) is 0 Å². The van der Waals surface area contributed by atoms with Gasteiger partial charge in [-0.25, -0.2) is 9.78 Å². The number of aryl methyl sites for hydroxylation is 1. The van der Waals surface area contributed by atoms with Gasteiger partial charge in [0.25, 0.3) is 0 Å². The number of imidazole rings is 1. The molecule has 0 aliphatic carbocycles. The molecule has 1 saturated heterocycles. The van der Waals surface area contributed by atoms with E-state index in [4.69, 9.17) is 4.42 Å². The molecule has 1 aliphatic rings. The second-order valence-electron chi connectivity index (χ2n) is 7.56. The average Bonchev–Trinajstić information content (AvgIpc) is 3.10. The fourth-order valence-electron chi connectivity index (χ4n) is 3.77. The quantitative estimate of drug-likeness (QED) is 0.505. The van der Waals surface area contributed by atoms with Crippen LogP contribution in [0.25, 0.3) is 27.9 Å². The number of benzene rings is 1. The lowest BCUT2D eigenvalue weighted by Crippen LogP contribution is -2.44. The molecule has 0 radical (unpaired) electrons. The van der Waals surface area contributed by atoms with Gasteiger partial charge < -0.3 is 18.6 Å². The van der Waals surface area contributed by atoms with E-state index >= 15 is 0 Å². The van der Waals surface area contributed by atoms with Crippen molar-refractivity contribution in [3.05, 3.63) is 64.8 Å². The maximum absolute atomic E-state index is 12.7. The summed E-state index contributed by atoms with van der Waals surface area (Å²) < 4.78 is 7.61. The molecule has 1 aromatic carbocycles. The maximum atomic E-state index is 12.7. The zero-order valence-electron chi connectivity index (χ0n) is 16.1. The standard InChI is InChI=1S/C22H22N4O2/c1-15-3-6-21-23-19(14-26(21)13-15)18-11-16-4-5-17(12-20(16)28-22(18)27)25-9-7-24(2)8-10-25/h3-6,11-14H,7-10H2,1-2H3. The summed E-state index contributed by atoms with van der Waals surface area (Å²) in [5, 5.41) is 0.903. The van der Waals surface area contributed by atoms with Crippen molar-refractivity contribution in [1.29, 1.82) is 0 Å². The number of pyridine rings is 1. The summed E-state index contributed by atoms with van der Waals surface area (Å²) in [6.45, 7) is 6.06. The van der Waals surface area contributed by atoms with E-state index in [0.29, 0.717) is 16.8 Å². The first-order valence-electron chi connectivity index (χ1n) is 9.54. The largest absolute Gasteiger partial charge is 0.422 e. The van der Waals surface area contributed by atoms with E-state index in [1.165, 1.54) is 0 Å². The van der Waals surface area contributed by atoms with Crippen molar-refractivity contribution < 1.29 is 4.42 Å². The number of nitrogens with zero attached hydrogens (tertiary/aromatic N) is 4. The van der Waals surface area contributed by atoms with Gasteiger partial charge in [0, 0.05) is 55.7 Å². The molecule has 0 spiro atoms. The summed E-state index contributed by atoms with van der Waals surface area (Å²) in [5.74, 6) is 0. The van der Waals surface area contributed by atoms with Gasteiger partial charge in [0.05, 0.1) is 11.3 Å². The predicted molar refractivity (Wildman–Crippen MR) is 111 cm³/mol. The molecule has 4 heterocycles. The lowest BCUT2D eigenvalue weighted by atomic mass is 10.1. The van der Waals surface area contributed by atoms with E-state index in [1.807, 2.05) is 54.0 Å². The van der Waals surface area contributed by atoms with Crippen molar-refractivity contribution in [2.24, 2.45) is 0 Å². The Morgan fingerprint density at radius 2 is 1.82 bits per heavy atom. The number of fused-ring (bicyclic) bond motifs is 2. The molecule has 0 N–H and O–H groups in total. The van der Waals surface area contributed by atoms with Crippen LogP contribution >= 0.6 is 0 Å². The van der Waals surface area contributed by atoms with E-state index in [1.54, 1.807) is 0 Å². The van der Waals surface area contributed by atoms with Crippen molar-refractivity contribution in [2.45, 2.75) is 6.92 Å². The molecule has 28 heavy (non-hydrogen) atoms. The van der Waals surface area contributed by atoms with Gasteiger partial charge in [-0.1, -0.05) is 6.07 Å². The summed E-state index contributed by atoms with van der Waals surface area (Å²) in [7, 11) is 2.14. The summed E-state index contributed by atoms with van der Waals surface area (Å²) >= 11 is 0. The fraction of sp³-hybridized carbons (Fsp3) is 0.273. The third kappa shape index (κ3) is 2.96. The van der Waals surface area contributed by atoms with Gasteiger partial charge in [0.1, 0.15) is 11.2 Å². The topological polar surface area (TPSA) is 54.0 Å². The molecule has 0 bridgehead atoms. The zero-order valence-corrected chi connectivity index (χ0v) is 16.1.